The topological polar surface area (TPSA) is 85.6 Å². The Morgan fingerprint density at radius 3 is 2.83 bits per heavy atom. The standard InChI is InChI=1S/C22H21NO5S/c1-3-27-22(26)18-14-8-4-5-10-17(14)29-21(18)23-20(25)16-11-15(24)13-9-6-7-12(2)19(13)28-16/h6-7,9,11H,3-5,8,10H2,1-2H3,(H,23,25). The number of fused-ring (bicyclic) bond motifs is 2. The van der Waals surface area contributed by atoms with E-state index in [0.717, 1.165) is 41.7 Å². The summed E-state index contributed by atoms with van der Waals surface area (Å²) in [7, 11) is 0. The van der Waals surface area contributed by atoms with E-state index in [-0.39, 0.29) is 17.8 Å². The summed E-state index contributed by atoms with van der Waals surface area (Å²) < 4.78 is 10.9. The van der Waals surface area contributed by atoms with Gasteiger partial charge in [0.15, 0.2) is 11.2 Å². The number of amides is 1. The Bertz CT molecular complexity index is 1170. The Labute approximate surface area is 171 Å². The van der Waals surface area contributed by atoms with Crippen LogP contribution in [0.3, 0.4) is 0 Å². The molecule has 0 unspecified atom stereocenters. The van der Waals surface area contributed by atoms with E-state index in [9.17, 15) is 14.4 Å². The van der Waals surface area contributed by atoms with Crippen LogP contribution < -0.4 is 10.7 Å². The average Bonchev–Trinajstić information content (AvgIpc) is 3.06. The van der Waals surface area contributed by atoms with E-state index in [1.807, 2.05) is 13.0 Å². The van der Waals surface area contributed by atoms with Gasteiger partial charge in [0, 0.05) is 10.9 Å². The van der Waals surface area contributed by atoms with Gasteiger partial charge < -0.3 is 14.5 Å². The molecule has 0 fully saturated rings. The lowest BCUT2D eigenvalue weighted by Crippen LogP contribution is -2.17. The third-order valence-corrected chi connectivity index (χ3v) is 6.26. The number of rotatable bonds is 4. The zero-order chi connectivity index (χ0) is 20.5. The van der Waals surface area contributed by atoms with Crippen LogP contribution >= 0.6 is 11.3 Å². The molecule has 29 heavy (non-hydrogen) atoms. The number of hydrogen-bond acceptors (Lipinski definition) is 6. The Kier molecular flexibility index (Phi) is 5.24. The molecule has 1 amide bonds. The van der Waals surface area contributed by atoms with Crippen molar-refractivity contribution in [3.63, 3.8) is 0 Å². The van der Waals surface area contributed by atoms with Crippen molar-refractivity contribution in [2.75, 3.05) is 11.9 Å². The maximum atomic E-state index is 12.9. The second kappa shape index (κ2) is 7.83. The third kappa shape index (κ3) is 3.58. The number of aryl methyl sites for hydroxylation is 2. The van der Waals surface area contributed by atoms with Gasteiger partial charge in [-0.3, -0.25) is 9.59 Å². The number of esters is 1. The molecule has 1 N–H and O–H groups in total. The third-order valence-electron chi connectivity index (χ3n) is 5.05. The normalized spacial score (nSPS) is 13.2. The van der Waals surface area contributed by atoms with Gasteiger partial charge in [0.25, 0.3) is 5.91 Å². The molecule has 0 saturated carbocycles. The van der Waals surface area contributed by atoms with Crippen LogP contribution in [0.4, 0.5) is 5.00 Å². The molecule has 4 rings (SSSR count). The molecule has 7 heteroatoms. The van der Waals surface area contributed by atoms with Crippen molar-refractivity contribution in [2.24, 2.45) is 0 Å². The Morgan fingerprint density at radius 1 is 1.24 bits per heavy atom. The van der Waals surface area contributed by atoms with Crippen molar-refractivity contribution in [3.8, 4) is 0 Å². The minimum Gasteiger partial charge on any atom is -0.462 e. The second-order valence-corrected chi connectivity index (χ2v) is 8.12. The number of para-hydroxylation sites is 1. The Hall–Kier alpha value is -2.93. The molecular formula is C22H21NO5S. The quantitative estimate of drug-likeness (QED) is 0.640. The monoisotopic (exact) mass is 411 g/mol. The molecule has 1 aromatic carbocycles. The number of ether oxygens (including phenoxy) is 1. The summed E-state index contributed by atoms with van der Waals surface area (Å²) in [6, 6.07) is 6.45. The predicted octanol–water partition coefficient (Wildman–Crippen LogP) is 4.47. The maximum Gasteiger partial charge on any atom is 0.341 e. The summed E-state index contributed by atoms with van der Waals surface area (Å²) in [5.41, 5.74) is 2.27. The number of carbonyl (C=O) groups excluding carboxylic acids is 2. The largest absolute Gasteiger partial charge is 0.462 e. The van der Waals surface area contributed by atoms with E-state index >= 15 is 0 Å². The van der Waals surface area contributed by atoms with Crippen molar-refractivity contribution >= 4 is 39.2 Å². The van der Waals surface area contributed by atoms with Crippen LogP contribution in [0.25, 0.3) is 11.0 Å². The van der Waals surface area contributed by atoms with Gasteiger partial charge in [-0.2, -0.15) is 0 Å². The van der Waals surface area contributed by atoms with Crippen molar-refractivity contribution in [1.82, 2.24) is 0 Å². The number of anilines is 1. The van der Waals surface area contributed by atoms with Gasteiger partial charge in [-0.15, -0.1) is 11.3 Å². The highest BCUT2D eigenvalue weighted by molar-refractivity contribution is 7.17. The lowest BCUT2D eigenvalue weighted by Gasteiger charge is -2.12. The van der Waals surface area contributed by atoms with E-state index in [4.69, 9.17) is 9.15 Å². The minimum absolute atomic E-state index is 0.0852. The molecule has 1 aliphatic carbocycles. The van der Waals surface area contributed by atoms with Crippen molar-refractivity contribution in [1.29, 1.82) is 0 Å². The van der Waals surface area contributed by atoms with E-state index in [1.54, 1.807) is 19.1 Å². The molecule has 0 spiro atoms. The lowest BCUT2D eigenvalue weighted by atomic mass is 9.95. The lowest BCUT2D eigenvalue weighted by molar-refractivity contribution is 0.0526. The Balaban J connectivity index is 1.73. The molecule has 6 nitrogen and oxygen atoms in total. The summed E-state index contributed by atoms with van der Waals surface area (Å²) >= 11 is 1.40. The summed E-state index contributed by atoms with van der Waals surface area (Å²) in [5, 5.41) is 3.66. The highest BCUT2D eigenvalue weighted by atomic mass is 32.1. The predicted molar refractivity (Wildman–Crippen MR) is 112 cm³/mol. The highest BCUT2D eigenvalue weighted by Gasteiger charge is 2.28. The number of carbonyl (C=O) groups is 2. The number of nitrogens with one attached hydrogen (secondary N) is 1. The number of benzene rings is 1. The van der Waals surface area contributed by atoms with Gasteiger partial charge in [-0.25, -0.2) is 4.79 Å². The van der Waals surface area contributed by atoms with Crippen LogP contribution in [-0.4, -0.2) is 18.5 Å². The molecular weight excluding hydrogens is 390 g/mol. The van der Waals surface area contributed by atoms with Gasteiger partial charge in [-0.05, 0) is 56.7 Å². The summed E-state index contributed by atoms with van der Waals surface area (Å²) in [5.74, 6) is -1.08. The summed E-state index contributed by atoms with van der Waals surface area (Å²) in [6.45, 7) is 3.83. The van der Waals surface area contributed by atoms with Crippen LogP contribution in [0.1, 0.15) is 56.7 Å². The van der Waals surface area contributed by atoms with E-state index in [1.165, 1.54) is 17.4 Å². The van der Waals surface area contributed by atoms with Crippen LogP contribution in [0.5, 0.6) is 0 Å². The summed E-state index contributed by atoms with van der Waals surface area (Å²) in [6.07, 6.45) is 3.73. The Morgan fingerprint density at radius 2 is 2.03 bits per heavy atom. The van der Waals surface area contributed by atoms with Gasteiger partial charge in [0.2, 0.25) is 0 Å². The van der Waals surface area contributed by atoms with Crippen molar-refractivity contribution < 1.29 is 18.7 Å². The zero-order valence-electron chi connectivity index (χ0n) is 16.3. The van der Waals surface area contributed by atoms with Crippen LogP contribution in [0, 0.1) is 6.92 Å². The van der Waals surface area contributed by atoms with Crippen LogP contribution in [0.2, 0.25) is 0 Å². The molecule has 2 heterocycles. The molecule has 0 radical (unpaired) electrons. The first-order chi connectivity index (χ1) is 14.0. The molecule has 0 saturated heterocycles. The number of thiophene rings is 1. The average molecular weight is 411 g/mol. The summed E-state index contributed by atoms with van der Waals surface area (Å²) in [4.78, 5) is 38.9. The van der Waals surface area contributed by atoms with E-state index in [2.05, 4.69) is 5.32 Å². The molecule has 2 aromatic heterocycles. The molecule has 150 valence electrons. The van der Waals surface area contributed by atoms with Gasteiger partial charge >= 0.3 is 5.97 Å². The maximum absolute atomic E-state index is 12.9. The van der Waals surface area contributed by atoms with Crippen molar-refractivity contribution in [2.45, 2.75) is 39.5 Å². The van der Waals surface area contributed by atoms with E-state index < -0.39 is 11.9 Å². The highest BCUT2D eigenvalue weighted by Crippen LogP contribution is 2.38. The fourth-order valence-corrected chi connectivity index (χ4v) is 4.94. The van der Waals surface area contributed by atoms with Gasteiger partial charge in [0.1, 0.15) is 10.6 Å². The molecule has 0 atom stereocenters. The SMILES string of the molecule is CCOC(=O)c1c(NC(=O)c2cc(=O)c3cccc(C)c3o2)sc2c1CCCC2. The van der Waals surface area contributed by atoms with Gasteiger partial charge in [-0.1, -0.05) is 12.1 Å². The first-order valence-electron chi connectivity index (χ1n) is 9.66. The first-order valence-corrected chi connectivity index (χ1v) is 10.5. The van der Waals surface area contributed by atoms with Crippen molar-refractivity contribution in [3.05, 3.63) is 61.8 Å². The van der Waals surface area contributed by atoms with Gasteiger partial charge in [0.05, 0.1) is 17.6 Å². The fourth-order valence-electron chi connectivity index (χ4n) is 3.67. The van der Waals surface area contributed by atoms with E-state index in [0.29, 0.717) is 21.5 Å². The molecule has 0 bridgehead atoms. The van der Waals surface area contributed by atoms with Crippen LogP contribution in [0.15, 0.2) is 33.5 Å². The molecule has 0 aliphatic heterocycles. The molecule has 1 aliphatic rings. The minimum atomic E-state index is -0.559. The zero-order valence-corrected chi connectivity index (χ0v) is 17.1. The second-order valence-electron chi connectivity index (χ2n) is 7.02. The molecule has 3 aromatic rings. The number of hydrogen-bond donors (Lipinski definition) is 1. The van der Waals surface area contributed by atoms with Crippen LogP contribution in [-0.2, 0) is 17.6 Å². The smallest absolute Gasteiger partial charge is 0.341 e. The fraction of sp³-hybridized carbons (Fsp3) is 0.318. The first kappa shape index (κ1) is 19.4.